The molecule has 0 aliphatic carbocycles. The predicted molar refractivity (Wildman–Crippen MR) is 67.9 cm³/mol. The number of hydrogen-bond donors (Lipinski definition) is 0. The standard InChI is InChI=1S/C14H19N/c1-4-10-15(11-5-2)14-9-7-8-13(6-3)12-14/h4-5,7-12H,6H2,1-3H3/b10-4-,11-5-. The van der Waals surface area contributed by atoms with E-state index in [-0.39, 0.29) is 0 Å². The lowest BCUT2D eigenvalue weighted by molar-refractivity contribution is 1.13. The monoisotopic (exact) mass is 201 g/mol. The Morgan fingerprint density at radius 3 is 2.33 bits per heavy atom. The van der Waals surface area contributed by atoms with Crippen molar-refractivity contribution in [1.82, 2.24) is 0 Å². The van der Waals surface area contributed by atoms with E-state index >= 15 is 0 Å². The summed E-state index contributed by atoms with van der Waals surface area (Å²) in [6.45, 7) is 6.23. The van der Waals surface area contributed by atoms with E-state index in [4.69, 9.17) is 0 Å². The molecule has 0 bridgehead atoms. The van der Waals surface area contributed by atoms with Gasteiger partial charge in [-0.3, -0.25) is 0 Å². The normalized spacial score (nSPS) is 11.4. The zero-order valence-corrected chi connectivity index (χ0v) is 9.77. The maximum absolute atomic E-state index is 2.22. The highest BCUT2D eigenvalue weighted by Gasteiger charge is 1.98. The van der Waals surface area contributed by atoms with Crippen LogP contribution in [0.1, 0.15) is 26.3 Å². The molecule has 0 unspecified atom stereocenters. The molecule has 0 aliphatic rings. The van der Waals surface area contributed by atoms with Crippen molar-refractivity contribution in [3.8, 4) is 0 Å². The van der Waals surface area contributed by atoms with Crippen molar-refractivity contribution in [3.63, 3.8) is 0 Å². The zero-order valence-electron chi connectivity index (χ0n) is 9.77. The van der Waals surface area contributed by atoms with Crippen molar-refractivity contribution >= 4 is 5.69 Å². The summed E-state index contributed by atoms with van der Waals surface area (Å²) in [4.78, 5) is 2.12. The van der Waals surface area contributed by atoms with E-state index in [1.54, 1.807) is 0 Å². The van der Waals surface area contributed by atoms with E-state index in [2.05, 4.69) is 48.5 Å². The first-order valence-electron chi connectivity index (χ1n) is 5.44. The van der Waals surface area contributed by atoms with Crippen LogP contribution in [0.2, 0.25) is 0 Å². The molecule has 0 spiro atoms. The average Bonchev–Trinajstić information content (AvgIpc) is 2.29. The third-order valence-electron chi connectivity index (χ3n) is 2.24. The number of anilines is 1. The van der Waals surface area contributed by atoms with Gasteiger partial charge in [0.2, 0.25) is 0 Å². The average molecular weight is 201 g/mol. The van der Waals surface area contributed by atoms with Gasteiger partial charge in [-0.2, -0.15) is 0 Å². The van der Waals surface area contributed by atoms with E-state index in [9.17, 15) is 0 Å². The molecule has 0 fully saturated rings. The summed E-state index contributed by atoms with van der Waals surface area (Å²) in [5.74, 6) is 0. The fraction of sp³-hybridized carbons (Fsp3) is 0.286. The highest BCUT2D eigenvalue weighted by atomic mass is 15.1. The SMILES string of the molecule is C/C=C\N(/C=C\C)c1cccc(CC)c1. The van der Waals surface area contributed by atoms with E-state index in [1.807, 2.05) is 26.0 Å². The van der Waals surface area contributed by atoms with Gasteiger partial charge in [-0.1, -0.05) is 31.2 Å². The van der Waals surface area contributed by atoms with Gasteiger partial charge in [-0.05, 0) is 38.0 Å². The van der Waals surface area contributed by atoms with Crippen molar-refractivity contribution in [1.29, 1.82) is 0 Å². The largest absolute Gasteiger partial charge is 0.325 e. The second kappa shape index (κ2) is 6.07. The molecule has 0 heterocycles. The van der Waals surface area contributed by atoms with Crippen LogP contribution in [-0.4, -0.2) is 0 Å². The van der Waals surface area contributed by atoms with E-state index in [0.717, 1.165) is 6.42 Å². The number of benzene rings is 1. The number of allylic oxidation sites excluding steroid dienone is 2. The molecule has 1 aromatic rings. The van der Waals surface area contributed by atoms with Gasteiger partial charge < -0.3 is 4.90 Å². The fourth-order valence-corrected chi connectivity index (χ4v) is 1.48. The number of hydrogen-bond acceptors (Lipinski definition) is 1. The second-order valence-corrected chi connectivity index (χ2v) is 3.40. The Labute approximate surface area is 92.7 Å². The van der Waals surface area contributed by atoms with Gasteiger partial charge in [0.25, 0.3) is 0 Å². The molecule has 1 aromatic carbocycles. The lowest BCUT2D eigenvalue weighted by Gasteiger charge is -2.16. The molecule has 0 N–H and O–H groups in total. The second-order valence-electron chi connectivity index (χ2n) is 3.40. The minimum Gasteiger partial charge on any atom is -0.325 e. The Bertz CT molecular complexity index is 338. The van der Waals surface area contributed by atoms with Gasteiger partial charge in [0.05, 0.1) is 0 Å². The Morgan fingerprint density at radius 1 is 1.13 bits per heavy atom. The van der Waals surface area contributed by atoms with Crippen molar-refractivity contribution in [3.05, 3.63) is 54.4 Å². The van der Waals surface area contributed by atoms with Crippen molar-refractivity contribution in [2.75, 3.05) is 4.90 Å². The lowest BCUT2D eigenvalue weighted by Crippen LogP contribution is -2.06. The number of aryl methyl sites for hydroxylation is 1. The maximum Gasteiger partial charge on any atom is 0.0451 e. The van der Waals surface area contributed by atoms with Gasteiger partial charge in [0, 0.05) is 18.1 Å². The molecule has 0 aromatic heterocycles. The molecular weight excluding hydrogens is 182 g/mol. The van der Waals surface area contributed by atoms with Crippen LogP contribution >= 0.6 is 0 Å². The van der Waals surface area contributed by atoms with Crippen LogP contribution < -0.4 is 4.90 Å². The van der Waals surface area contributed by atoms with Crippen LogP contribution in [-0.2, 0) is 6.42 Å². The van der Waals surface area contributed by atoms with E-state index in [0.29, 0.717) is 0 Å². The summed E-state index contributed by atoms with van der Waals surface area (Å²) in [5, 5.41) is 0. The topological polar surface area (TPSA) is 3.24 Å². The molecule has 0 atom stereocenters. The molecular formula is C14H19N. The molecule has 1 nitrogen and oxygen atoms in total. The van der Waals surface area contributed by atoms with E-state index in [1.165, 1.54) is 11.3 Å². The number of rotatable bonds is 4. The van der Waals surface area contributed by atoms with Gasteiger partial charge in [0.1, 0.15) is 0 Å². The summed E-state index contributed by atoms with van der Waals surface area (Å²) < 4.78 is 0. The zero-order chi connectivity index (χ0) is 11.1. The molecule has 15 heavy (non-hydrogen) atoms. The minimum absolute atomic E-state index is 1.08. The van der Waals surface area contributed by atoms with Crippen molar-refractivity contribution in [2.24, 2.45) is 0 Å². The van der Waals surface area contributed by atoms with Crippen LogP contribution in [0, 0.1) is 0 Å². The molecule has 0 radical (unpaired) electrons. The Balaban J connectivity index is 2.99. The van der Waals surface area contributed by atoms with E-state index < -0.39 is 0 Å². The summed E-state index contributed by atoms with van der Waals surface area (Å²) in [7, 11) is 0. The maximum atomic E-state index is 2.22. The summed E-state index contributed by atoms with van der Waals surface area (Å²) >= 11 is 0. The highest BCUT2D eigenvalue weighted by molar-refractivity contribution is 5.53. The Hall–Kier alpha value is -1.50. The highest BCUT2D eigenvalue weighted by Crippen LogP contribution is 2.17. The first kappa shape index (κ1) is 11.6. The molecule has 0 aliphatic heterocycles. The van der Waals surface area contributed by atoms with Gasteiger partial charge in [0.15, 0.2) is 0 Å². The summed E-state index contributed by atoms with van der Waals surface area (Å²) in [5.41, 5.74) is 2.58. The van der Waals surface area contributed by atoms with Crippen LogP contribution in [0.15, 0.2) is 48.8 Å². The molecule has 0 saturated carbocycles. The molecule has 0 amide bonds. The number of nitrogens with zero attached hydrogens (tertiary/aromatic N) is 1. The lowest BCUT2D eigenvalue weighted by atomic mass is 10.1. The molecule has 80 valence electrons. The fourth-order valence-electron chi connectivity index (χ4n) is 1.48. The summed E-state index contributed by atoms with van der Waals surface area (Å²) in [6.07, 6.45) is 9.29. The smallest absolute Gasteiger partial charge is 0.0451 e. The Morgan fingerprint density at radius 2 is 1.80 bits per heavy atom. The van der Waals surface area contributed by atoms with Crippen molar-refractivity contribution in [2.45, 2.75) is 27.2 Å². The minimum atomic E-state index is 1.08. The third-order valence-corrected chi connectivity index (χ3v) is 2.24. The molecule has 0 saturated heterocycles. The quantitative estimate of drug-likeness (QED) is 0.708. The van der Waals surface area contributed by atoms with Crippen molar-refractivity contribution < 1.29 is 0 Å². The molecule has 1 heteroatoms. The van der Waals surface area contributed by atoms with Crippen LogP contribution in [0.3, 0.4) is 0 Å². The predicted octanol–water partition coefficient (Wildman–Crippen LogP) is 4.12. The summed E-state index contributed by atoms with van der Waals surface area (Å²) in [6, 6.07) is 8.61. The molecule has 1 rings (SSSR count). The van der Waals surface area contributed by atoms with Crippen LogP contribution in [0.25, 0.3) is 0 Å². The van der Waals surface area contributed by atoms with Gasteiger partial charge in [-0.15, -0.1) is 0 Å². The first-order valence-corrected chi connectivity index (χ1v) is 5.44. The first-order chi connectivity index (χ1) is 7.31. The van der Waals surface area contributed by atoms with Crippen LogP contribution in [0.5, 0.6) is 0 Å². The Kier molecular flexibility index (Phi) is 4.69. The van der Waals surface area contributed by atoms with Crippen LogP contribution in [0.4, 0.5) is 5.69 Å². The van der Waals surface area contributed by atoms with Gasteiger partial charge >= 0.3 is 0 Å². The third kappa shape index (κ3) is 3.28. The van der Waals surface area contributed by atoms with Gasteiger partial charge in [-0.25, -0.2) is 0 Å².